The van der Waals surface area contributed by atoms with Gasteiger partial charge in [0, 0.05) is 5.02 Å². The standard InChI is InChI=1S/C6H5Cl.C6H8N2/c7-6-4-2-1-3-5-6;7-5-3-1-2-4-6(5)8/h1-5H;1-4H,7-8H2. The Morgan fingerprint density at radius 1 is 0.667 bits per heavy atom. The fraction of sp³-hybridized carbons (Fsp3) is 0. The third-order valence-corrected chi connectivity index (χ3v) is 1.98. The SMILES string of the molecule is Clc1ccccc1.Nc1ccccc1N. The summed E-state index contributed by atoms with van der Waals surface area (Å²) >= 11 is 5.54. The second-order valence-electron chi connectivity index (χ2n) is 2.92. The highest BCUT2D eigenvalue weighted by molar-refractivity contribution is 6.30. The van der Waals surface area contributed by atoms with Crippen LogP contribution in [0.1, 0.15) is 0 Å². The molecule has 0 atom stereocenters. The first-order valence-corrected chi connectivity index (χ1v) is 4.88. The van der Waals surface area contributed by atoms with E-state index in [0.29, 0.717) is 11.4 Å². The van der Waals surface area contributed by atoms with Gasteiger partial charge in [0.25, 0.3) is 0 Å². The monoisotopic (exact) mass is 220 g/mol. The molecular weight excluding hydrogens is 208 g/mol. The van der Waals surface area contributed by atoms with E-state index in [0.717, 1.165) is 5.02 Å². The molecule has 0 amide bonds. The minimum absolute atomic E-state index is 0.646. The first kappa shape index (κ1) is 11.4. The maximum atomic E-state index is 5.54. The molecule has 0 aromatic heterocycles. The largest absolute Gasteiger partial charge is 0.397 e. The predicted octanol–water partition coefficient (Wildman–Crippen LogP) is 3.19. The van der Waals surface area contributed by atoms with Crippen molar-refractivity contribution in [3.63, 3.8) is 0 Å². The zero-order valence-corrected chi connectivity index (χ0v) is 8.98. The molecule has 2 nitrogen and oxygen atoms in total. The van der Waals surface area contributed by atoms with E-state index in [1.165, 1.54) is 0 Å². The Hall–Kier alpha value is -1.67. The molecule has 0 spiro atoms. The Bertz CT molecular complexity index is 380. The number of hydrogen-bond acceptors (Lipinski definition) is 2. The number of hydrogen-bond donors (Lipinski definition) is 2. The van der Waals surface area contributed by atoms with Gasteiger partial charge >= 0.3 is 0 Å². The fourth-order valence-corrected chi connectivity index (χ4v) is 1.07. The van der Waals surface area contributed by atoms with Crippen LogP contribution in [0.4, 0.5) is 11.4 Å². The van der Waals surface area contributed by atoms with Gasteiger partial charge in [0.1, 0.15) is 0 Å². The van der Waals surface area contributed by atoms with Crippen LogP contribution >= 0.6 is 11.6 Å². The van der Waals surface area contributed by atoms with Crippen LogP contribution in [0.25, 0.3) is 0 Å². The van der Waals surface area contributed by atoms with E-state index in [-0.39, 0.29) is 0 Å². The Labute approximate surface area is 94.5 Å². The second-order valence-corrected chi connectivity index (χ2v) is 3.36. The van der Waals surface area contributed by atoms with E-state index in [2.05, 4.69) is 0 Å². The third kappa shape index (κ3) is 4.38. The molecule has 4 N–H and O–H groups in total. The minimum atomic E-state index is 0.646. The number of rotatable bonds is 0. The van der Waals surface area contributed by atoms with Crippen molar-refractivity contribution in [3.8, 4) is 0 Å². The van der Waals surface area contributed by atoms with Crippen molar-refractivity contribution in [1.82, 2.24) is 0 Å². The summed E-state index contributed by atoms with van der Waals surface area (Å²) in [6.45, 7) is 0. The van der Waals surface area contributed by atoms with Crippen LogP contribution in [0.2, 0.25) is 5.02 Å². The van der Waals surface area contributed by atoms with E-state index >= 15 is 0 Å². The molecule has 0 heterocycles. The first-order chi connectivity index (χ1) is 7.20. The van der Waals surface area contributed by atoms with Gasteiger partial charge in [0.05, 0.1) is 11.4 Å². The molecule has 78 valence electrons. The number of anilines is 2. The maximum absolute atomic E-state index is 5.54. The summed E-state index contributed by atoms with van der Waals surface area (Å²) in [4.78, 5) is 0. The Morgan fingerprint density at radius 2 is 1.07 bits per heavy atom. The molecule has 0 fully saturated rings. The zero-order valence-electron chi connectivity index (χ0n) is 8.23. The lowest BCUT2D eigenvalue weighted by Crippen LogP contribution is -1.91. The molecule has 0 saturated heterocycles. The van der Waals surface area contributed by atoms with Gasteiger partial charge in [-0.1, -0.05) is 41.9 Å². The topological polar surface area (TPSA) is 52.0 Å². The van der Waals surface area contributed by atoms with Crippen molar-refractivity contribution in [2.45, 2.75) is 0 Å². The van der Waals surface area contributed by atoms with Crippen molar-refractivity contribution in [1.29, 1.82) is 0 Å². The van der Waals surface area contributed by atoms with Crippen molar-refractivity contribution in [3.05, 3.63) is 59.6 Å². The van der Waals surface area contributed by atoms with E-state index in [4.69, 9.17) is 23.1 Å². The van der Waals surface area contributed by atoms with Crippen LogP contribution in [0.3, 0.4) is 0 Å². The molecule has 0 aliphatic carbocycles. The number of nitrogen functional groups attached to an aromatic ring is 2. The van der Waals surface area contributed by atoms with Gasteiger partial charge in [-0.15, -0.1) is 0 Å². The molecule has 2 aromatic rings. The van der Waals surface area contributed by atoms with Crippen molar-refractivity contribution in [2.24, 2.45) is 0 Å². The summed E-state index contributed by atoms with van der Waals surface area (Å²) in [5.74, 6) is 0. The van der Waals surface area contributed by atoms with Gasteiger partial charge in [0.2, 0.25) is 0 Å². The van der Waals surface area contributed by atoms with Crippen LogP contribution in [-0.2, 0) is 0 Å². The minimum Gasteiger partial charge on any atom is -0.397 e. The van der Waals surface area contributed by atoms with Gasteiger partial charge in [-0.25, -0.2) is 0 Å². The fourth-order valence-electron chi connectivity index (χ4n) is 0.926. The lowest BCUT2D eigenvalue weighted by molar-refractivity contribution is 1.67. The molecule has 2 aromatic carbocycles. The smallest absolute Gasteiger partial charge is 0.0547 e. The molecule has 0 unspecified atom stereocenters. The van der Waals surface area contributed by atoms with Crippen molar-refractivity contribution in [2.75, 3.05) is 11.5 Å². The van der Waals surface area contributed by atoms with Gasteiger partial charge in [-0.05, 0) is 24.3 Å². The highest BCUT2D eigenvalue weighted by atomic mass is 35.5. The predicted molar refractivity (Wildman–Crippen MR) is 66.7 cm³/mol. The Morgan fingerprint density at radius 3 is 1.33 bits per heavy atom. The molecule has 0 saturated carbocycles. The summed E-state index contributed by atoms with van der Waals surface area (Å²) in [5.41, 5.74) is 12.1. The zero-order chi connectivity index (χ0) is 11.1. The van der Waals surface area contributed by atoms with Crippen molar-refractivity contribution < 1.29 is 0 Å². The summed E-state index contributed by atoms with van der Waals surface area (Å²) in [5, 5.41) is 0.794. The molecular formula is C12H13ClN2. The van der Waals surface area contributed by atoms with Crippen LogP contribution in [-0.4, -0.2) is 0 Å². The maximum Gasteiger partial charge on any atom is 0.0547 e. The van der Waals surface area contributed by atoms with E-state index < -0.39 is 0 Å². The van der Waals surface area contributed by atoms with Crippen LogP contribution in [0.5, 0.6) is 0 Å². The molecule has 0 aliphatic rings. The molecule has 2 rings (SSSR count). The van der Waals surface area contributed by atoms with Crippen LogP contribution in [0.15, 0.2) is 54.6 Å². The number of para-hydroxylation sites is 2. The average molecular weight is 221 g/mol. The summed E-state index contributed by atoms with van der Waals surface area (Å²) < 4.78 is 0. The highest BCUT2D eigenvalue weighted by Gasteiger charge is 1.85. The van der Waals surface area contributed by atoms with Gasteiger partial charge in [-0.2, -0.15) is 0 Å². The first-order valence-electron chi connectivity index (χ1n) is 4.50. The Balaban J connectivity index is 0.000000151. The van der Waals surface area contributed by atoms with Gasteiger partial charge < -0.3 is 11.5 Å². The lowest BCUT2D eigenvalue weighted by Gasteiger charge is -1.94. The summed E-state index contributed by atoms with van der Waals surface area (Å²) in [7, 11) is 0. The van der Waals surface area contributed by atoms with Gasteiger partial charge in [0.15, 0.2) is 0 Å². The van der Waals surface area contributed by atoms with E-state index in [9.17, 15) is 0 Å². The average Bonchev–Trinajstić information content (AvgIpc) is 2.25. The van der Waals surface area contributed by atoms with E-state index in [1.54, 1.807) is 12.1 Å². The quantitative estimate of drug-likeness (QED) is 0.670. The van der Waals surface area contributed by atoms with Gasteiger partial charge in [-0.3, -0.25) is 0 Å². The van der Waals surface area contributed by atoms with E-state index in [1.807, 2.05) is 42.5 Å². The van der Waals surface area contributed by atoms with Crippen LogP contribution in [0, 0.1) is 0 Å². The molecule has 0 aliphatic heterocycles. The normalized spacial score (nSPS) is 8.87. The molecule has 0 bridgehead atoms. The Kier molecular flexibility index (Phi) is 4.51. The van der Waals surface area contributed by atoms with Crippen molar-refractivity contribution >= 4 is 23.0 Å². The summed E-state index contributed by atoms with van der Waals surface area (Å²) in [6, 6.07) is 16.7. The number of nitrogens with two attached hydrogens (primary N) is 2. The molecule has 3 heteroatoms. The summed E-state index contributed by atoms with van der Waals surface area (Å²) in [6.07, 6.45) is 0. The lowest BCUT2D eigenvalue weighted by atomic mass is 10.3. The highest BCUT2D eigenvalue weighted by Crippen LogP contribution is 2.10. The second kappa shape index (κ2) is 5.94. The molecule has 15 heavy (non-hydrogen) atoms. The third-order valence-electron chi connectivity index (χ3n) is 1.73. The number of halogens is 1. The molecule has 0 radical (unpaired) electrons. The van der Waals surface area contributed by atoms with Crippen LogP contribution < -0.4 is 11.5 Å². The number of benzene rings is 2.